The second kappa shape index (κ2) is 5.85. The molecule has 0 spiro atoms. The number of hydrogen-bond donors (Lipinski definition) is 1. The van der Waals surface area contributed by atoms with E-state index in [0.29, 0.717) is 5.56 Å². The SMILES string of the molecule is COc1ccc(NC(=O)c2cccc3c2-c2ccccc2C3)cc1. The zero-order chi connectivity index (χ0) is 16.5. The Morgan fingerprint density at radius 2 is 1.67 bits per heavy atom. The molecule has 3 nitrogen and oxygen atoms in total. The Bertz CT molecular complexity index is 913. The smallest absolute Gasteiger partial charge is 0.256 e. The number of ether oxygens (including phenoxy) is 1. The molecule has 0 radical (unpaired) electrons. The Hall–Kier alpha value is -3.07. The van der Waals surface area contributed by atoms with E-state index in [-0.39, 0.29) is 5.91 Å². The van der Waals surface area contributed by atoms with E-state index in [4.69, 9.17) is 4.74 Å². The molecule has 1 aliphatic carbocycles. The van der Waals surface area contributed by atoms with Crippen molar-refractivity contribution in [2.24, 2.45) is 0 Å². The van der Waals surface area contributed by atoms with E-state index in [1.807, 2.05) is 48.5 Å². The predicted molar refractivity (Wildman–Crippen MR) is 95.6 cm³/mol. The van der Waals surface area contributed by atoms with Gasteiger partial charge in [-0.1, -0.05) is 36.4 Å². The standard InChI is InChI=1S/C21H17NO2/c1-24-17-11-9-16(10-12-17)22-21(23)19-8-4-6-15-13-14-5-2-3-7-18(14)20(15)19/h2-12H,13H2,1H3,(H,22,23). The maximum atomic E-state index is 12.8. The van der Waals surface area contributed by atoms with Crippen LogP contribution in [0.4, 0.5) is 5.69 Å². The highest BCUT2D eigenvalue weighted by Crippen LogP contribution is 2.38. The van der Waals surface area contributed by atoms with Gasteiger partial charge in [-0.3, -0.25) is 4.79 Å². The number of fused-ring (bicyclic) bond motifs is 3. The van der Waals surface area contributed by atoms with Gasteiger partial charge < -0.3 is 10.1 Å². The van der Waals surface area contributed by atoms with E-state index in [2.05, 4.69) is 23.5 Å². The minimum absolute atomic E-state index is 0.0891. The molecule has 1 amide bonds. The van der Waals surface area contributed by atoms with Gasteiger partial charge in [-0.05, 0) is 59.0 Å². The number of benzene rings is 3. The molecule has 0 atom stereocenters. The molecule has 0 bridgehead atoms. The van der Waals surface area contributed by atoms with Crippen LogP contribution in [0.3, 0.4) is 0 Å². The van der Waals surface area contributed by atoms with Crippen molar-refractivity contribution >= 4 is 11.6 Å². The molecule has 3 aromatic carbocycles. The summed E-state index contributed by atoms with van der Waals surface area (Å²) in [6.07, 6.45) is 0.884. The van der Waals surface area contributed by atoms with Gasteiger partial charge in [-0.15, -0.1) is 0 Å². The van der Waals surface area contributed by atoms with Gasteiger partial charge in [0, 0.05) is 11.3 Å². The highest BCUT2D eigenvalue weighted by Gasteiger charge is 2.23. The van der Waals surface area contributed by atoms with Crippen molar-refractivity contribution in [3.8, 4) is 16.9 Å². The summed E-state index contributed by atoms with van der Waals surface area (Å²) < 4.78 is 5.15. The molecule has 0 aliphatic heterocycles. The van der Waals surface area contributed by atoms with Crippen molar-refractivity contribution in [2.75, 3.05) is 12.4 Å². The van der Waals surface area contributed by atoms with Gasteiger partial charge in [0.05, 0.1) is 7.11 Å². The fourth-order valence-corrected chi connectivity index (χ4v) is 3.25. The Balaban J connectivity index is 1.68. The molecule has 1 N–H and O–H groups in total. The van der Waals surface area contributed by atoms with Crippen molar-refractivity contribution in [1.29, 1.82) is 0 Å². The maximum absolute atomic E-state index is 12.8. The average Bonchev–Trinajstić information content (AvgIpc) is 3.01. The lowest BCUT2D eigenvalue weighted by atomic mass is 9.99. The monoisotopic (exact) mass is 315 g/mol. The number of rotatable bonds is 3. The van der Waals surface area contributed by atoms with Gasteiger partial charge in [0.15, 0.2) is 0 Å². The molecule has 0 heterocycles. The first-order valence-corrected chi connectivity index (χ1v) is 7.92. The first-order valence-electron chi connectivity index (χ1n) is 7.92. The number of carbonyl (C=O) groups excluding carboxylic acids is 1. The minimum Gasteiger partial charge on any atom is -0.497 e. The Labute approximate surface area is 140 Å². The summed E-state index contributed by atoms with van der Waals surface area (Å²) >= 11 is 0. The fourth-order valence-electron chi connectivity index (χ4n) is 3.25. The van der Waals surface area contributed by atoms with E-state index >= 15 is 0 Å². The molecule has 1 aliphatic rings. The molecule has 24 heavy (non-hydrogen) atoms. The Morgan fingerprint density at radius 1 is 0.917 bits per heavy atom. The van der Waals surface area contributed by atoms with Crippen LogP contribution in [0.2, 0.25) is 0 Å². The molecule has 4 rings (SSSR count). The number of nitrogens with one attached hydrogen (secondary N) is 1. The normalized spacial score (nSPS) is 11.5. The van der Waals surface area contributed by atoms with Crippen LogP contribution in [0.25, 0.3) is 11.1 Å². The van der Waals surface area contributed by atoms with Crippen LogP contribution in [0.1, 0.15) is 21.5 Å². The number of anilines is 1. The molecular formula is C21H17NO2. The van der Waals surface area contributed by atoms with Crippen LogP contribution >= 0.6 is 0 Å². The molecule has 3 aromatic rings. The van der Waals surface area contributed by atoms with Gasteiger partial charge >= 0.3 is 0 Å². The van der Waals surface area contributed by atoms with Crippen molar-refractivity contribution in [1.82, 2.24) is 0 Å². The summed E-state index contributed by atoms with van der Waals surface area (Å²) in [7, 11) is 1.62. The maximum Gasteiger partial charge on any atom is 0.256 e. The van der Waals surface area contributed by atoms with Crippen molar-refractivity contribution in [3.63, 3.8) is 0 Å². The molecule has 3 heteroatoms. The number of amides is 1. The zero-order valence-corrected chi connectivity index (χ0v) is 13.4. The predicted octanol–water partition coefficient (Wildman–Crippen LogP) is 4.52. The van der Waals surface area contributed by atoms with Crippen LogP contribution in [0.5, 0.6) is 5.75 Å². The number of carbonyl (C=O) groups is 1. The van der Waals surface area contributed by atoms with Crippen molar-refractivity contribution in [3.05, 3.63) is 83.4 Å². The van der Waals surface area contributed by atoms with E-state index < -0.39 is 0 Å². The summed E-state index contributed by atoms with van der Waals surface area (Å²) in [5, 5.41) is 2.98. The lowest BCUT2D eigenvalue weighted by Gasteiger charge is -2.11. The van der Waals surface area contributed by atoms with Crippen LogP contribution in [-0.2, 0) is 6.42 Å². The van der Waals surface area contributed by atoms with Gasteiger partial charge in [-0.25, -0.2) is 0 Å². The van der Waals surface area contributed by atoms with Crippen molar-refractivity contribution < 1.29 is 9.53 Å². The molecule has 118 valence electrons. The quantitative estimate of drug-likeness (QED) is 0.603. The van der Waals surface area contributed by atoms with Crippen LogP contribution in [-0.4, -0.2) is 13.0 Å². The molecular weight excluding hydrogens is 298 g/mol. The number of hydrogen-bond acceptors (Lipinski definition) is 2. The Kier molecular flexibility index (Phi) is 3.54. The van der Waals surface area contributed by atoms with Crippen molar-refractivity contribution in [2.45, 2.75) is 6.42 Å². The largest absolute Gasteiger partial charge is 0.497 e. The Morgan fingerprint density at radius 3 is 2.46 bits per heavy atom. The van der Waals surface area contributed by atoms with Gasteiger partial charge in [0.25, 0.3) is 5.91 Å². The van der Waals surface area contributed by atoms with E-state index in [1.165, 1.54) is 11.1 Å². The summed E-state index contributed by atoms with van der Waals surface area (Å²) in [6.45, 7) is 0. The molecule has 0 saturated heterocycles. The molecule has 0 aromatic heterocycles. The van der Waals surface area contributed by atoms with Crippen LogP contribution < -0.4 is 10.1 Å². The molecule has 0 fully saturated rings. The minimum atomic E-state index is -0.0891. The van der Waals surface area contributed by atoms with Gasteiger partial charge in [0.1, 0.15) is 5.75 Å². The van der Waals surface area contributed by atoms with E-state index in [0.717, 1.165) is 29.0 Å². The third-order valence-electron chi connectivity index (χ3n) is 4.41. The highest BCUT2D eigenvalue weighted by molar-refractivity contribution is 6.10. The second-order valence-corrected chi connectivity index (χ2v) is 5.86. The third kappa shape index (κ3) is 2.44. The lowest BCUT2D eigenvalue weighted by molar-refractivity contribution is 0.102. The first kappa shape index (κ1) is 14.5. The zero-order valence-electron chi connectivity index (χ0n) is 13.4. The fraction of sp³-hybridized carbons (Fsp3) is 0.0952. The van der Waals surface area contributed by atoms with Crippen LogP contribution in [0.15, 0.2) is 66.7 Å². The summed E-state index contributed by atoms with van der Waals surface area (Å²) in [5.41, 5.74) is 6.17. The highest BCUT2D eigenvalue weighted by atomic mass is 16.5. The lowest BCUT2D eigenvalue weighted by Crippen LogP contribution is -2.13. The number of methoxy groups -OCH3 is 1. The van der Waals surface area contributed by atoms with E-state index in [1.54, 1.807) is 7.11 Å². The summed E-state index contributed by atoms with van der Waals surface area (Å²) in [5.74, 6) is 0.677. The topological polar surface area (TPSA) is 38.3 Å². The third-order valence-corrected chi connectivity index (χ3v) is 4.41. The second-order valence-electron chi connectivity index (χ2n) is 5.86. The van der Waals surface area contributed by atoms with E-state index in [9.17, 15) is 4.79 Å². The van der Waals surface area contributed by atoms with Gasteiger partial charge in [0.2, 0.25) is 0 Å². The average molecular weight is 315 g/mol. The summed E-state index contributed by atoms with van der Waals surface area (Å²) in [6, 6.07) is 21.6. The molecule has 0 saturated carbocycles. The van der Waals surface area contributed by atoms with Crippen LogP contribution in [0, 0.1) is 0 Å². The first-order chi connectivity index (χ1) is 11.8. The molecule has 0 unspecified atom stereocenters. The summed E-state index contributed by atoms with van der Waals surface area (Å²) in [4.78, 5) is 12.8. The van der Waals surface area contributed by atoms with Gasteiger partial charge in [-0.2, -0.15) is 0 Å².